The third-order valence-electron chi connectivity index (χ3n) is 4.34. The number of nitrogens with zero attached hydrogens (tertiary/aromatic N) is 1. The van der Waals surface area contributed by atoms with Gasteiger partial charge in [-0.25, -0.2) is 0 Å². The molecule has 1 aromatic heterocycles. The molecule has 1 amide bonds. The van der Waals surface area contributed by atoms with E-state index in [4.69, 9.17) is 0 Å². The minimum absolute atomic E-state index is 0.00863. The number of nitrogens with one attached hydrogen (secondary N) is 1. The molecule has 1 aromatic carbocycles. The quantitative estimate of drug-likeness (QED) is 0.774. The molecule has 2 aromatic rings. The Kier molecular flexibility index (Phi) is 5.66. The van der Waals surface area contributed by atoms with E-state index in [0.29, 0.717) is 19.1 Å². The van der Waals surface area contributed by atoms with Gasteiger partial charge in [0, 0.05) is 17.5 Å². The maximum atomic E-state index is 12.6. The molecule has 128 valence electrons. The van der Waals surface area contributed by atoms with Crippen molar-refractivity contribution in [3.05, 3.63) is 57.8 Å². The number of rotatable bonds is 8. The van der Waals surface area contributed by atoms with Gasteiger partial charge >= 0.3 is 0 Å². The second-order valence-electron chi connectivity index (χ2n) is 6.35. The first-order valence-electron chi connectivity index (χ1n) is 8.41. The van der Waals surface area contributed by atoms with Crippen LogP contribution in [0.2, 0.25) is 0 Å². The van der Waals surface area contributed by atoms with E-state index < -0.39 is 0 Å². The van der Waals surface area contributed by atoms with Gasteiger partial charge in [0.25, 0.3) is 0 Å². The Balaban J connectivity index is 1.71. The average Bonchev–Trinajstić information content (AvgIpc) is 3.28. The minimum Gasteiger partial charge on any atom is -0.395 e. The smallest absolute Gasteiger partial charge is 0.234 e. The maximum absolute atomic E-state index is 12.6. The normalized spacial score (nSPS) is 15.5. The molecule has 5 heteroatoms. The van der Waals surface area contributed by atoms with Crippen LogP contribution >= 0.6 is 11.3 Å². The summed E-state index contributed by atoms with van der Waals surface area (Å²) in [7, 11) is 0. The first-order valence-corrected chi connectivity index (χ1v) is 9.29. The third kappa shape index (κ3) is 4.44. The van der Waals surface area contributed by atoms with Gasteiger partial charge in [-0.3, -0.25) is 9.69 Å². The van der Waals surface area contributed by atoms with E-state index in [9.17, 15) is 9.90 Å². The van der Waals surface area contributed by atoms with Gasteiger partial charge in [-0.15, -0.1) is 11.3 Å². The second-order valence-corrected chi connectivity index (χ2v) is 7.33. The number of amides is 1. The lowest BCUT2D eigenvalue weighted by atomic mass is 10.0. The number of carbonyl (C=O) groups is 1. The zero-order valence-corrected chi connectivity index (χ0v) is 14.8. The SMILES string of the molecule is Cc1ccc(C(NC(=O)CN(CCO)C2CC2)c2cccs2)cc1. The van der Waals surface area contributed by atoms with Gasteiger partial charge in [0.2, 0.25) is 5.91 Å². The summed E-state index contributed by atoms with van der Waals surface area (Å²) in [5.41, 5.74) is 2.30. The molecule has 0 saturated heterocycles. The predicted octanol–water partition coefficient (Wildman–Crippen LogP) is 2.72. The number of hydrogen-bond donors (Lipinski definition) is 2. The van der Waals surface area contributed by atoms with Crippen LogP contribution in [0.1, 0.15) is 34.9 Å². The van der Waals surface area contributed by atoms with Gasteiger partial charge in [0.05, 0.1) is 19.2 Å². The van der Waals surface area contributed by atoms with Crippen molar-refractivity contribution in [1.82, 2.24) is 10.2 Å². The molecule has 1 atom stereocenters. The largest absolute Gasteiger partial charge is 0.395 e. The summed E-state index contributed by atoms with van der Waals surface area (Å²) in [6.07, 6.45) is 2.25. The summed E-state index contributed by atoms with van der Waals surface area (Å²) < 4.78 is 0. The van der Waals surface area contributed by atoms with Crippen LogP contribution in [-0.4, -0.2) is 41.7 Å². The molecule has 2 N–H and O–H groups in total. The van der Waals surface area contributed by atoms with E-state index in [1.165, 1.54) is 5.56 Å². The van der Waals surface area contributed by atoms with Crippen molar-refractivity contribution in [2.75, 3.05) is 19.7 Å². The van der Waals surface area contributed by atoms with E-state index >= 15 is 0 Å². The fourth-order valence-electron chi connectivity index (χ4n) is 2.88. The Hall–Kier alpha value is -1.69. The molecule has 0 bridgehead atoms. The predicted molar refractivity (Wildman–Crippen MR) is 97.2 cm³/mol. The summed E-state index contributed by atoms with van der Waals surface area (Å²) in [5, 5.41) is 14.4. The molecule has 0 aliphatic heterocycles. The van der Waals surface area contributed by atoms with Crippen molar-refractivity contribution in [3.8, 4) is 0 Å². The first kappa shape index (κ1) is 17.1. The summed E-state index contributed by atoms with van der Waals surface area (Å²) >= 11 is 1.65. The lowest BCUT2D eigenvalue weighted by molar-refractivity contribution is -0.123. The number of carbonyl (C=O) groups excluding carboxylic acids is 1. The topological polar surface area (TPSA) is 52.6 Å². The molecule has 3 rings (SSSR count). The van der Waals surface area contributed by atoms with Gasteiger partial charge in [-0.05, 0) is 36.8 Å². The number of aliphatic hydroxyl groups excluding tert-OH is 1. The molecule has 1 fully saturated rings. The first-order chi connectivity index (χ1) is 11.7. The molecule has 1 unspecified atom stereocenters. The lowest BCUT2D eigenvalue weighted by Crippen LogP contribution is -2.41. The fraction of sp³-hybridized carbons (Fsp3) is 0.421. The number of aliphatic hydroxyl groups is 1. The molecular weight excluding hydrogens is 320 g/mol. The molecule has 1 heterocycles. The average molecular weight is 344 g/mol. The summed E-state index contributed by atoms with van der Waals surface area (Å²) in [6, 6.07) is 12.7. The van der Waals surface area contributed by atoms with Crippen molar-refractivity contribution < 1.29 is 9.90 Å². The van der Waals surface area contributed by atoms with Crippen molar-refractivity contribution in [2.45, 2.75) is 31.8 Å². The number of thiophene rings is 1. The van der Waals surface area contributed by atoms with Crippen LogP contribution < -0.4 is 5.32 Å². The highest BCUT2D eigenvalue weighted by Gasteiger charge is 2.30. The molecule has 24 heavy (non-hydrogen) atoms. The number of hydrogen-bond acceptors (Lipinski definition) is 4. The van der Waals surface area contributed by atoms with Crippen LogP contribution in [0.3, 0.4) is 0 Å². The maximum Gasteiger partial charge on any atom is 0.234 e. The highest BCUT2D eigenvalue weighted by Crippen LogP contribution is 2.28. The number of aryl methyl sites for hydroxylation is 1. The zero-order valence-electron chi connectivity index (χ0n) is 13.9. The summed E-state index contributed by atoms with van der Waals surface area (Å²) in [6.45, 7) is 3.06. The highest BCUT2D eigenvalue weighted by atomic mass is 32.1. The van der Waals surface area contributed by atoms with Crippen molar-refractivity contribution in [2.24, 2.45) is 0 Å². The van der Waals surface area contributed by atoms with Crippen LogP contribution in [-0.2, 0) is 4.79 Å². The van der Waals surface area contributed by atoms with Crippen molar-refractivity contribution in [1.29, 1.82) is 0 Å². The van der Waals surface area contributed by atoms with Gasteiger partial charge in [0.15, 0.2) is 0 Å². The second kappa shape index (κ2) is 7.92. The van der Waals surface area contributed by atoms with E-state index in [1.54, 1.807) is 11.3 Å². The standard InChI is InChI=1S/C19H24N2O2S/c1-14-4-6-15(7-5-14)19(17-3-2-12-24-17)20-18(23)13-21(10-11-22)16-8-9-16/h2-7,12,16,19,22H,8-11,13H2,1H3,(H,20,23). The van der Waals surface area contributed by atoms with Crippen LogP contribution in [0.5, 0.6) is 0 Å². The lowest BCUT2D eigenvalue weighted by Gasteiger charge is -2.23. The molecule has 1 aliphatic carbocycles. The highest BCUT2D eigenvalue weighted by molar-refractivity contribution is 7.10. The number of benzene rings is 1. The van der Waals surface area contributed by atoms with Crippen LogP contribution in [0.4, 0.5) is 0 Å². The Bertz CT molecular complexity index is 651. The van der Waals surface area contributed by atoms with Gasteiger partial charge in [-0.1, -0.05) is 35.9 Å². The molecule has 1 saturated carbocycles. The van der Waals surface area contributed by atoms with Gasteiger partial charge < -0.3 is 10.4 Å². The van der Waals surface area contributed by atoms with Crippen LogP contribution in [0.15, 0.2) is 41.8 Å². The Morgan fingerprint density at radius 2 is 2.08 bits per heavy atom. The molecule has 0 radical (unpaired) electrons. The third-order valence-corrected chi connectivity index (χ3v) is 5.28. The van der Waals surface area contributed by atoms with Crippen molar-refractivity contribution in [3.63, 3.8) is 0 Å². The minimum atomic E-state index is -0.117. The van der Waals surface area contributed by atoms with Crippen LogP contribution in [0.25, 0.3) is 0 Å². The zero-order chi connectivity index (χ0) is 16.9. The van der Waals surface area contributed by atoms with E-state index in [2.05, 4.69) is 47.5 Å². The van der Waals surface area contributed by atoms with E-state index in [0.717, 1.165) is 23.3 Å². The summed E-state index contributed by atoms with van der Waals surface area (Å²) in [5.74, 6) is 0.00863. The molecule has 1 aliphatic rings. The van der Waals surface area contributed by atoms with Crippen molar-refractivity contribution >= 4 is 17.2 Å². The molecular formula is C19H24N2O2S. The molecule has 0 spiro atoms. The van der Waals surface area contributed by atoms with E-state index in [1.807, 2.05) is 11.4 Å². The van der Waals surface area contributed by atoms with Gasteiger partial charge in [-0.2, -0.15) is 0 Å². The Morgan fingerprint density at radius 3 is 2.67 bits per heavy atom. The fourth-order valence-corrected chi connectivity index (χ4v) is 3.69. The monoisotopic (exact) mass is 344 g/mol. The Labute approximate surface area is 147 Å². The molecule has 4 nitrogen and oxygen atoms in total. The van der Waals surface area contributed by atoms with Gasteiger partial charge in [0.1, 0.15) is 0 Å². The van der Waals surface area contributed by atoms with Crippen LogP contribution in [0, 0.1) is 6.92 Å². The van der Waals surface area contributed by atoms with E-state index in [-0.39, 0.29) is 18.6 Å². The Morgan fingerprint density at radius 1 is 1.33 bits per heavy atom. The summed E-state index contributed by atoms with van der Waals surface area (Å²) in [4.78, 5) is 15.8.